The molecule has 4 atom stereocenters. The lowest BCUT2D eigenvalue weighted by molar-refractivity contribution is -0.142. The van der Waals surface area contributed by atoms with Crippen molar-refractivity contribution in [1.29, 1.82) is 0 Å². The van der Waals surface area contributed by atoms with Crippen LogP contribution in [-0.4, -0.2) is 37.0 Å². The molecule has 0 unspecified atom stereocenters. The first-order chi connectivity index (χ1) is 9.50. The number of hydrogen-bond acceptors (Lipinski definition) is 4. The average Bonchev–Trinajstić information content (AvgIpc) is 3.33. The van der Waals surface area contributed by atoms with Gasteiger partial charge in [0.15, 0.2) is 6.10 Å². The molecule has 2 fully saturated rings. The Labute approximate surface area is 121 Å². The molecule has 2 aliphatic rings. The first kappa shape index (κ1) is 15.5. The molecular formula is C16H26O4. The molecule has 0 aromatic heterocycles. The predicted octanol–water partition coefficient (Wildman–Crippen LogP) is 3.00. The van der Waals surface area contributed by atoms with Crippen LogP contribution in [0, 0.1) is 0 Å². The molecule has 0 N–H and O–H groups in total. The van der Waals surface area contributed by atoms with Crippen molar-refractivity contribution in [2.75, 3.05) is 7.11 Å². The molecule has 114 valence electrons. The lowest BCUT2D eigenvalue weighted by Crippen LogP contribution is -2.11. The monoisotopic (exact) mass is 282 g/mol. The van der Waals surface area contributed by atoms with Crippen LogP contribution in [0.1, 0.15) is 52.9 Å². The van der Waals surface area contributed by atoms with Gasteiger partial charge < -0.3 is 14.2 Å². The summed E-state index contributed by atoms with van der Waals surface area (Å²) < 4.78 is 15.6. The Balaban J connectivity index is 1.58. The quantitative estimate of drug-likeness (QED) is 0.390. The third kappa shape index (κ3) is 3.83. The first-order valence-electron chi connectivity index (χ1n) is 7.57. The van der Waals surface area contributed by atoms with E-state index in [-0.39, 0.29) is 23.8 Å². The van der Waals surface area contributed by atoms with E-state index < -0.39 is 0 Å². The van der Waals surface area contributed by atoms with Crippen molar-refractivity contribution in [1.82, 2.24) is 0 Å². The van der Waals surface area contributed by atoms with Crippen molar-refractivity contribution < 1.29 is 19.0 Å². The molecule has 0 spiro atoms. The standard InChI is InChI=1S/C16H26O4/c1-5-16(3)13(20-16)10-9-11(2)7-6-8-12-14(19-12)15(17)18-4/h7,12-14H,5-6,8-10H2,1-4H3/b11-7+/t12-,13+,14+,16-/m0/s1. The van der Waals surface area contributed by atoms with Gasteiger partial charge in [0.2, 0.25) is 0 Å². The van der Waals surface area contributed by atoms with E-state index in [4.69, 9.17) is 9.47 Å². The second-order valence-corrected chi connectivity index (χ2v) is 6.06. The molecule has 0 radical (unpaired) electrons. The topological polar surface area (TPSA) is 51.4 Å². The molecule has 2 aliphatic heterocycles. The highest BCUT2D eigenvalue weighted by Gasteiger charge is 2.49. The Bertz CT molecular complexity index is 390. The number of ether oxygens (including phenoxy) is 3. The third-order valence-electron chi connectivity index (χ3n) is 4.50. The van der Waals surface area contributed by atoms with E-state index in [9.17, 15) is 4.79 Å². The van der Waals surface area contributed by atoms with Crippen molar-refractivity contribution in [3.63, 3.8) is 0 Å². The van der Waals surface area contributed by atoms with Crippen LogP contribution in [0.15, 0.2) is 11.6 Å². The number of esters is 1. The minimum atomic E-state index is -0.321. The maximum absolute atomic E-state index is 11.2. The van der Waals surface area contributed by atoms with Gasteiger partial charge in [-0.25, -0.2) is 4.79 Å². The van der Waals surface area contributed by atoms with E-state index >= 15 is 0 Å². The molecule has 20 heavy (non-hydrogen) atoms. The zero-order chi connectivity index (χ0) is 14.8. The van der Waals surface area contributed by atoms with E-state index in [0.29, 0.717) is 6.10 Å². The normalized spacial score (nSPS) is 35.8. The van der Waals surface area contributed by atoms with Crippen LogP contribution in [0.4, 0.5) is 0 Å². The number of allylic oxidation sites excluding steroid dienone is 2. The van der Waals surface area contributed by atoms with E-state index in [2.05, 4.69) is 31.6 Å². The Morgan fingerprint density at radius 2 is 2.15 bits per heavy atom. The fraction of sp³-hybridized carbons (Fsp3) is 0.812. The summed E-state index contributed by atoms with van der Waals surface area (Å²) >= 11 is 0. The molecule has 2 rings (SSSR count). The molecule has 0 aromatic carbocycles. The number of methoxy groups -OCH3 is 1. The molecule has 2 heterocycles. The highest BCUT2D eigenvalue weighted by atomic mass is 16.6. The maximum atomic E-state index is 11.2. The molecule has 0 bridgehead atoms. The van der Waals surface area contributed by atoms with E-state index in [1.807, 2.05) is 0 Å². The largest absolute Gasteiger partial charge is 0.467 e. The van der Waals surface area contributed by atoms with Crippen LogP contribution in [-0.2, 0) is 19.0 Å². The van der Waals surface area contributed by atoms with Gasteiger partial charge in [0.05, 0.1) is 24.9 Å². The molecule has 2 saturated heterocycles. The summed E-state index contributed by atoms with van der Waals surface area (Å²) in [6.45, 7) is 6.53. The minimum Gasteiger partial charge on any atom is -0.467 e. The van der Waals surface area contributed by atoms with Crippen LogP contribution in [0.5, 0.6) is 0 Å². The zero-order valence-corrected chi connectivity index (χ0v) is 13.0. The summed E-state index contributed by atoms with van der Waals surface area (Å²) in [6.07, 6.45) is 7.57. The van der Waals surface area contributed by atoms with Gasteiger partial charge in [0, 0.05) is 0 Å². The fourth-order valence-corrected chi connectivity index (χ4v) is 2.61. The van der Waals surface area contributed by atoms with Gasteiger partial charge in [0.25, 0.3) is 0 Å². The summed E-state index contributed by atoms with van der Waals surface area (Å²) in [5, 5.41) is 0. The Kier molecular flexibility index (Phi) is 4.86. The lowest BCUT2D eigenvalue weighted by atomic mass is 9.99. The van der Waals surface area contributed by atoms with E-state index in [0.717, 1.165) is 32.1 Å². The van der Waals surface area contributed by atoms with Crippen LogP contribution >= 0.6 is 0 Å². The van der Waals surface area contributed by atoms with Crippen LogP contribution < -0.4 is 0 Å². The molecule has 0 aromatic rings. The second kappa shape index (κ2) is 6.27. The summed E-state index contributed by atoms with van der Waals surface area (Å²) in [5.41, 5.74) is 1.53. The van der Waals surface area contributed by atoms with Crippen molar-refractivity contribution in [2.24, 2.45) is 0 Å². The Hall–Kier alpha value is -0.870. The molecule has 4 heteroatoms. The van der Waals surface area contributed by atoms with Crippen LogP contribution in [0.2, 0.25) is 0 Å². The molecule has 0 aliphatic carbocycles. The highest BCUT2D eigenvalue weighted by molar-refractivity contribution is 5.77. The Morgan fingerprint density at radius 1 is 1.40 bits per heavy atom. The van der Waals surface area contributed by atoms with Gasteiger partial charge in [-0.1, -0.05) is 18.6 Å². The smallest absolute Gasteiger partial charge is 0.337 e. The van der Waals surface area contributed by atoms with Gasteiger partial charge in [-0.05, 0) is 46.0 Å². The van der Waals surface area contributed by atoms with Gasteiger partial charge in [0.1, 0.15) is 0 Å². The van der Waals surface area contributed by atoms with Crippen LogP contribution in [0.3, 0.4) is 0 Å². The van der Waals surface area contributed by atoms with Crippen molar-refractivity contribution in [3.05, 3.63) is 11.6 Å². The maximum Gasteiger partial charge on any atom is 0.337 e. The number of hydrogen-bond donors (Lipinski definition) is 0. The van der Waals surface area contributed by atoms with E-state index in [1.54, 1.807) is 0 Å². The number of carbonyl (C=O) groups excluding carboxylic acids is 1. The predicted molar refractivity (Wildman–Crippen MR) is 76.5 cm³/mol. The molecule has 0 amide bonds. The van der Waals surface area contributed by atoms with Gasteiger partial charge in [-0.15, -0.1) is 0 Å². The fourth-order valence-electron chi connectivity index (χ4n) is 2.61. The number of epoxide rings is 2. The number of carbonyl (C=O) groups is 1. The third-order valence-corrected chi connectivity index (χ3v) is 4.50. The molecular weight excluding hydrogens is 256 g/mol. The zero-order valence-electron chi connectivity index (χ0n) is 13.0. The average molecular weight is 282 g/mol. The van der Waals surface area contributed by atoms with Crippen molar-refractivity contribution in [3.8, 4) is 0 Å². The van der Waals surface area contributed by atoms with Crippen molar-refractivity contribution in [2.45, 2.75) is 76.8 Å². The molecule has 0 saturated carbocycles. The SMILES string of the molecule is CC[C@]1(C)O[C@@H]1CC/C(C)=C/CC[C@@H]1O[C@H]1C(=O)OC. The summed E-state index contributed by atoms with van der Waals surface area (Å²) in [5.74, 6) is -0.250. The summed E-state index contributed by atoms with van der Waals surface area (Å²) in [4.78, 5) is 11.2. The number of rotatable bonds is 8. The molecule has 4 nitrogen and oxygen atoms in total. The second-order valence-electron chi connectivity index (χ2n) is 6.06. The van der Waals surface area contributed by atoms with Crippen LogP contribution in [0.25, 0.3) is 0 Å². The van der Waals surface area contributed by atoms with Gasteiger partial charge in [-0.3, -0.25) is 0 Å². The summed E-state index contributed by atoms with van der Waals surface area (Å²) in [7, 11) is 1.40. The highest BCUT2D eigenvalue weighted by Crippen LogP contribution is 2.42. The minimum absolute atomic E-state index is 0.0571. The summed E-state index contributed by atoms with van der Waals surface area (Å²) in [6, 6.07) is 0. The van der Waals surface area contributed by atoms with Gasteiger partial charge in [-0.2, -0.15) is 0 Å². The van der Waals surface area contributed by atoms with Gasteiger partial charge >= 0.3 is 5.97 Å². The van der Waals surface area contributed by atoms with E-state index in [1.165, 1.54) is 12.7 Å². The van der Waals surface area contributed by atoms with Crippen molar-refractivity contribution >= 4 is 5.97 Å². The lowest BCUT2D eigenvalue weighted by Gasteiger charge is -2.02. The first-order valence-corrected chi connectivity index (χ1v) is 7.57. The Morgan fingerprint density at radius 3 is 2.75 bits per heavy atom.